The molecule has 1 heterocycles. The Kier molecular flexibility index (Phi) is 4.11. The highest BCUT2D eigenvalue weighted by Crippen LogP contribution is 2.31. The molecule has 1 aliphatic carbocycles. The lowest BCUT2D eigenvalue weighted by molar-refractivity contribution is 0.338. The highest BCUT2D eigenvalue weighted by molar-refractivity contribution is 9.11. The van der Waals surface area contributed by atoms with Crippen LogP contribution in [0.2, 0.25) is 0 Å². The van der Waals surface area contributed by atoms with Gasteiger partial charge >= 0.3 is 0 Å². The van der Waals surface area contributed by atoms with E-state index in [4.69, 9.17) is 0 Å². The van der Waals surface area contributed by atoms with E-state index in [1.165, 1.54) is 0 Å². The van der Waals surface area contributed by atoms with Gasteiger partial charge in [0.05, 0.1) is 9.86 Å². The Morgan fingerprint density at radius 2 is 2.00 bits per heavy atom. The van der Waals surface area contributed by atoms with Crippen molar-refractivity contribution >= 4 is 37.3 Å². The average molecular weight is 349 g/mol. The first kappa shape index (κ1) is 14.0. The van der Waals surface area contributed by atoms with Gasteiger partial charge in [-0.1, -0.05) is 19.3 Å². The fraction of sp³-hybridized carbons (Fsp3) is 0.545. The normalized spacial score (nSPS) is 19.3. The Morgan fingerprint density at radius 3 is 2.50 bits per heavy atom. The number of nitrogens with one attached hydrogen (secondary N) is 1. The molecule has 0 aromatic carbocycles. The van der Waals surface area contributed by atoms with Gasteiger partial charge in [-0.15, -0.1) is 11.3 Å². The van der Waals surface area contributed by atoms with Gasteiger partial charge in [0.1, 0.15) is 9.75 Å². The molecule has 0 saturated heterocycles. The van der Waals surface area contributed by atoms with E-state index in [1.54, 1.807) is 12.1 Å². The van der Waals surface area contributed by atoms with E-state index in [9.17, 15) is 13.7 Å². The Hall–Kier alpha value is -0.420. The standard InChI is InChI=1S/C11H13BrN2O2S2/c12-9-4-5-10(17-9)18(15,16)14-11(8-13)6-2-1-3-7-11/h4-5,14H,1-3,6-7H2. The van der Waals surface area contributed by atoms with Gasteiger partial charge in [-0.05, 0) is 40.9 Å². The minimum absolute atomic E-state index is 0.245. The van der Waals surface area contributed by atoms with Crippen LogP contribution in [0.25, 0.3) is 0 Å². The van der Waals surface area contributed by atoms with Crippen molar-refractivity contribution in [2.45, 2.75) is 41.9 Å². The number of hydrogen-bond acceptors (Lipinski definition) is 4. The molecule has 0 unspecified atom stereocenters. The van der Waals surface area contributed by atoms with Crippen LogP contribution in [0.5, 0.6) is 0 Å². The van der Waals surface area contributed by atoms with E-state index in [1.807, 2.05) is 0 Å². The molecule has 2 rings (SSSR count). The van der Waals surface area contributed by atoms with Gasteiger partial charge in [0.25, 0.3) is 10.0 Å². The molecule has 4 nitrogen and oxygen atoms in total. The molecule has 0 spiro atoms. The summed E-state index contributed by atoms with van der Waals surface area (Å²) in [6.45, 7) is 0. The predicted octanol–water partition coefficient (Wildman–Crippen LogP) is 3.02. The Bertz CT molecular complexity index is 568. The largest absolute Gasteiger partial charge is 0.251 e. The third kappa shape index (κ3) is 2.94. The summed E-state index contributed by atoms with van der Waals surface area (Å²) in [5.74, 6) is 0. The van der Waals surface area contributed by atoms with Crippen LogP contribution in [0.3, 0.4) is 0 Å². The van der Waals surface area contributed by atoms with Crippen LogP contribution in [0.4, 0.5) is 0 Å². The van der Waals surface area contributed by atoms with Crippen LogP contribution in [0, 0.1) is 11.3 Å². The van der Waals surface area contributed by atoms with Crippen molar-refractivity contribution in [1.82, 2.24) is 4.72 Å². The predicted molar refractivity (Wildman–Crippen MR) is 73.8 cm³/mol. The summed E-state index contributed by atoms with van der Waals surface area (Å²) >= 11 is 4.39. The molecule has 0 amide bonds. The summed E-state index contributed by atoms with van der Waals surface area (Å²) < 4.78 is 28.0. The fourth-order valence-electron chi connectivity index (χ4n) is 2.14. The van der Waals surface area contributed by atoms with Gasteiger partial charge in [-0.2, -0.15) is 9.98 Å². The van der Waals surface area contributed by atoms with E-state index in [2.05, 4.69) is 26.7 Å². The molecule has 0 atom stereocenters. The minimum atomic E-state index is -3.59. The summed E-state index contributed by atoms with van der Waals surface area (Å²) in [6, 6.07) is 5.39. The molecule has 1 aliphatic rings. The topological polar surface area (TPSA) is 70.0 Å². The molecule has 1 N–H and O–H groups in total. The SMILES string of the molecule is N#CC1(NS(=O)(=O)c2ccc(Br)s2)CCCCC1. The number of nitriles is 1. The highest BCUT2D eigenvalue weighted by atomic mass is 79.9. The van der Waals surface area contributed by atoms with E-state index in [-0.39, 0.29) is 4.21 Å². The molecule has 1 saturated carbocycles. The zero-order chi connectivity index (χ0) is 13.2. The fourth-order valence-corrected chi connectivity index (χ4v) is 5.53. The quantitative estimate of drug-likeness (QED) is 0.912. The van der Waals surface area contributed by atoms with Crippen LogP contribution in [0.15, 0.2) is 20.1 Å². The number of thiophene rings is 1. The van der Waals surface area contributed by atoms with E-state index in [0.29, 0.717) is 12.8 Å². The number of halogens is 1. The second-order valence-electron chi connectivity index (χ2n) is 4.42. The van der Waals surface area contributed by atoms with Crippen molar-refractivity contribution in [1.29, 1.82) is 5.26 Å². The second-order valence-corrected chi connectivity index (χ2v) is 8.79. The van der Waals surface area contributed by atoms with Crippen LogP contribution >= 0.6 is 27.3 Å². The van der Waals surface area contributed by atoms with Gasteiger partial charge < -0.3 is 0 Å². The number of rotatable bonds is 3. The molecule has 0 bridgehead atoms. The van der Waals surface area contributed by atoms with Gasteiger partial charge in [-0.3, -0.25) is 0 Å². The maximum atomic E-state index is 12.2. The molecule has 7 heteroatoms. The van der Waals surface area contributed by atoms with E-state index >= 15 is 0 Å². The van der Waals surface area contributed by atoms with Crippen molar-refractivity contribution in [3.63, 3.8) is 0 Å². The third-order valence-electron chi connectivity index (χ3n) is 3.06. The molecular weight excluding hydrogens is 336 g/mol. The number of hydrogen-bond donors (Lipinski definition) is 1. The van der Waals surface area contributed by atoms with Crippen LogP contribution in [-0.2, 0) is 10.0 Å². The molecule has 0 radical (unpaired) electrons. The Morgan fingerprint density at radius 1 is 1.33 bits per heavy atom. The molecule has 1 aromatic heterocycles. The monoisotopic (exact) mass is 348 g/mol. The van der Waals surface area contributed by atoms with Gasteiger partial charge in [0.2, 0.25) is 0 Å². The first-order valence-corrected chi connectivity index (χ1v) is 8.77. The van der Waals surface area contributed by atoms with Crippen LogP contribution in [0.1, 0.15) is 32.1 Å². The Balaban J connectivity index is 2.24. The van der Waals surface area contributed by atoms with Gasteiger partial charge in [-0.25, -0.2) is 8.42 Å². The van der Waals surface area contributed by atoms with Crippen LogP contribution in [-0.4, -0.2) is 14.0 Å². The van der Waals surface area contributed by atoms with Crippen molar-refractivity contribution < 1.29 is 8.42 Å². The van der Waals surface area contributed by atoms with E-state index in [0.717, 1.165) is 34.4 Å². The lowest BCUT2D eigenvalue weighted by atomic mass is 9.84. The maximum absolute atomic E-state index is 12.2. The average Bonchev–Trinajstić information content (AvgIpc) is 2.77. The number of nitrogens with zero attached hydrogens (tertiary/aromatic N) is 1. The van der Waals surface area contributed by atoms with Crippen LogP contribution < -0.4 is 4.72 Å². The number of sulfonamides is 1. The zero-order valence-electron chi connectivity index (χ0n) is 9.65. The van der Waals surface area contributed by atoms with E-state index < -0.39 is 15.6 Å². The summed E-state index contributed by atoms with van der Waals surface area (Å²) in [7, 11) is -3.59. The van der Waals surface area contributed by atoms with Gasteiger partial charge in [0.15, 0.2) is 0 Å². The molecule has 98 valence electrons. The summed E-state index contributed by atoms with van der Waals surface area (Å²) in [5, 5.41) is 9.27. The Labute approximate surface area is 119 Å². The zero-order valence-corrected chi connectivity index (χ0v) is 12.9. The minimum Gasteiger partial charge on any atom is -0.206 e. The lowest BCUT2D eigenvalue weighted by Crippen LogP contribution is -2.48. The second kappa shape index (κ2) is 5.29. The molecule has 0 aliphatic heterocycles. The molecule has 1 fully saturated rings. The first-order valence-electron chi connectivity index (χ1n) is 5.68. The smallest absolute Gasteiger partial charge is 0.206 e. The molecular formula is C11H13BrN2O2S2. The molecule has 1 aromatic rings. The maximum Gasteiger partial charge on any atom is 0.251 e. The first-order chi connectivity index (χ1) is 8.47. The van der Waals surface area contributed by atoms with Crippen molar-refractivity contribution in [3.05, 3.63) is 15.9 Å². The van der Waals surface area contributed by atoms with Crippen molar-refractivity contribution in [2.24, 2.45) is 0 Å². The summed E-state index contributed by atoms with van der Waals surface area (Å²) in [5.41, 5.74) is -0.923. The lowest BCUT2D eigenvalue weighted by Gasteiger charge is -2.30. The van der Waals surface area contributed by atoms with Crippen molar-refractivity contribution in [3.8, 4) is 6.07 Å². The summed E-state index contributed by atoms with van der Waals surface area (Å²) in [4.78, 5) is 0. The highest BCUT2D eigenvalue weighted by Gasteiger charge is 2.37. The molecule has 18 heavy (non-hydrogen) atoms. The third-order valence-corrected chi connectivity index (χ3v) is 6.72. The summed E-state index contributed by atoms with van der Waals surface area (Å²) in [6.07, 6.45) is 4.04. The van der Waals surface area contributed by atoms with Crippen molar-refractivity contribution in [2.75, 3.05) is 0 Å². The van der Waals surface area contributed by atoms with Gasteiger partial charge in [0, 0.05) is 0 Å².